The Bertz CT molecular complexity index is 564. The Morgan fingerprint density at radius 3 is 2.52 bits per heavy atom. The average Bonchev–Trinajstić information content (AvgIpc) is 2.46. The molecule has 0 spiro atoms. The quantitative estimate of drug-likeness (QED) is 0.878. The predicted molar refractivity (Wildman–Crippen MR) is 87.5 cm³/mol. The van der Waals surface area contributed by atoms with Crippen molar-refractivity contribution in [2.24, 2.45) is 5.41 Å². The lowest BCUT2D eigenvalue weighted by Crippen LogP contribution is -2.50. The summed E-state index contributed by atoms with van der Waals surface area (Å²) in [6, 6.07) is 7.49. The Labute approximate surface area is 128 Å². The van der Waals surface area contributed by atoms with Crippen molar-refractivity contribution >= 4 is 15.5 Å². The first-order valence-corrected chi connectivity index (χ1v) is 9.30. The fraction of sp³-hybridized carbons (Fsp3) is 0.625. The van der Waals surface area contributed by atoms with Crippen LogP contribution in [0.2, 0.25) is 0 Å². The van der Waals surface area contributed by atoms with Crippen LogP contribution in [0.25, 0.3) is 0 Å². The molecule has 0 amide bonds. The highest BCUT2D eigenvalue weighted by Gasteiger charge is 2.31. The average molecular weight is 310 g/mol. The van der Waals surface area contributed by atoms with Crippen LogP contribution in [-0.4, -0.2) is 33.3 Å². The van der Waals surface area contributed by atoms with E-state index in [4.69, 9.17) is 0 Å². The van der Waals surface area contributed by atoms with Gasteiger partial charge in [0.2, 0.25) is 0 Å². The van der Waals surface area contributed by atoms with Gasteiger partial charge in [0.15, 0.2) is 9.84 Å². The molecule has 1 atom stereocenters. The van der Waals surface area contributed by atoms with E-state index >= 15 is 0 Å². The van der Waals surface area contributed by atoms with Crippen LogP contribution in [0.4, 0.5) is 5.69 Å². The van der Waals surface area contributed by atoms with Gasteiger partial charge in [0.25, 0.3) is 0 Å². The first kappa shape index (κ1) is 16.3. The number of nitrogens with one attached hydrogen (secondary N) is 2. The van der Waals surface area contributed by atoms with Gasteiger partial charge in [-0.05, 0) is 49.1 Å². The van der Waals surface area contributed by atoms with E-state index in [0.717, 1.165) is 18.8 Å². The second-order valence-electron chi connectivity index (χ2n) is 6.41. The summed E-state index contributed by atoms with van der Waals surface area (Å²) in [7, 11) is -3.11. The van der Waals surface area contributed by atoms with Gasteiger partial charge in [-0.15, -0.1) is 0 Å². The molecule has 1 aromatic rings. The minimum absolute atomic E-state index is 0.139. The van der Waals surface area contributed by atoms with Gasteiger partial charge in [0, 0.05) is 18.3 Å². The zero-order valence-corrected chi connectivity index (χ0v) is 14.0. The van der Waals surface area contributed by atoms with E-state index < -0.39 is 9.84 Å². The highest BCUT2D eigenvalue weighted by molar-refractivity contribution is 7.91. The first-order chi connectivity index (χ1) is 9.85. The second-order valence-corrected chi connectivity index (χ2v) is 8.69. The Morgan fingerprint density at radius 1 is 1.29 bits per heavy atom. The zero-order valence-electron chi connectivity index (χ0n) is 13.1. The van der Waals surface area contributed by atoms with E-state index in [-0.39, 0.29) is 11.2 Å². The summed E-state index contributed by atoms with van der Waals surface area (Å²) in [6.45, 7) is 8.18. The van der Waals surface area contributed by atoms with E-state index in [9.17, 15) is 8.42 Å². The predicted octanol–water partition coefficient (Wildman–Crippen LogP) is 2.67. The van der Waals surface area contributed by atoms with Crippen molar-refractivity contribution in [3.63, 3.8) is 0 Å². The van der Waals surface area contributed by atoms with Gasteiger partial charge >= 0.3 is 0 Å². The van der Waals surface area contributed by atoms with Crippen LogP contribution in [0.5, 0.6) is 0 Å². The molecule has 118 valence electrons. The molecular weight excluding hydrogens is 284 g/mol. The lowest BCUT2D eigenvalue weighted by atomic mass is 9.77. The summed E-state index contributed by atoms with van der Waals surface area (Å²) in [4.78, 5) is 0.395. The zero-order chi connectivity index (χ0) is 15.5. The molecule has 0 aliphatic carbocycles. The molecule has 0 saturated carbocycles. The topological polar surface area (TPSA) is 58.2 Å². The molecule has 0 radical (unpaired) electrons. The maximum absolute atomic E-state index is 11.8. The van der Waals surface area contributed by atoms with Crippen LogP contribution in [0.1, 0.15) is 33.6 Å². The third-order valence-corrected chi connectivity index (χ3v) is 6.19. The summed E-state index contributed by atoms with van der Waals surface area (Å²) in [6.07, 6.45) is 2.47. The van der Waals surface area contributed by atoms with Crippen LogP contribution < -0.4 is 10.6 Å². The number of benzene rings is 1. The van der Waals surface area contributed by atoms with Crippen LogP contribution >= 0.6 is 0 Å². The Kier molecular flexibility index (Phi) is 4.94. The number of sulfone groups is 1. The number of rotatable bonds is 5. The van der Waals surface area contributed by atoms with Crippen molar-refractivity contribution in [2.75, 3.05) is 24.2 Å². The molecule has 4 nitrogen and oxygen atoms in total. The summed E-state index contributed by atoms with van der Waals surface area (Å²) in [5.74, 6) is 0.139. The smallest absolute Gasteiger partial charge is 0.178 e. The second kappa shape index (κ2) is 6.36. The van der Waals surface area contributed by atoms with E-state index in [1.807, 2.05) is 12.1 Å². The summed E-state index contributed by atoms with van der Waals surface area (Å²) in [5, 5.41) is 6.98. The fourth-order valence-corrected chi connectivity index (χ4v) is 3.67. The molecule has 21 heavy (non-hydrogen) atoms. The lowest BCUT2D eigenvalue weighted by molar-refractivity contribution is 0.188. The molecule has 1 heterocycles. The third-order valence-electron chi connectivity index (χ3n) is 4.44. The maximum Gasteiger partial charge on any atom is 0.178 e. The van der Waals surface area contributed by atoms with Crippen molar-refractivity contribution in [1.82, 2.24) is 5.32 Å². The number of piperidine rings is 1. The molecular formula is C16H26N2O2S. The number of hydrogen-bond donors (Lipinski definition) is 2. The van der Waals surface area contributed by atoms with E-state index in [1.54, 1.807) is 19.1 Å². The van der Waals surface area contributed by atoms with Gasteiger partial charge < -0.3 is 10.6 Å². The van der Waals surface area contributed by atoms with Gasteiger partial charge in [-0.2, -0.15) is 0 Å². The van der Waals surface area contributed by atoms with Crippen molar-refractivity contribution in [2.45, 2.75) is 44.6 Å². The van der Waals surface area contributed by atoms with Gasteiger partial charge in [0.05, 0.1) is 10.6 Å². The third kappa shape index (κ3) is 3.98. The minimum atomic E-state index is -3.11. The molecule has 2 N–H and O–H groups in total. The Hall–Kier alpha value is -1.07. The van der Waals surface area contributed by atoms with Crippen LogP contribution in [-0.2, 0) is 9.84 Å². The lowest BCUT2D eigenvalue weighted by Gasteiger charge is -2.39. The molecule has 1 aliphatic rings. The molecule has 1 aliphatic heterocycles. The molecule has 1 unspecified atom stereocenters. The summed E-state index contributed by atoms with van der Waals surface area (Å²) in [5.41, 5.74) is 1.25. The van der Waals surface area contributed by atoms with Crippen molar-refractivity contribution in [3.05, 3.63) is 24.3 Å². The van der Waals surface area contributed by atoms with E-state index in [1.165, 1.54) is 12.8 Å². The van der Waals surface area contributed by atoms with Gasteiger partial charge in [0.1, 0.15) is 0 Å². The molecule has 0 bridgehead atoms. The van der Waals surface area contributed by atoms with Crippen molar-refractivity contribution in [1.29, 1.82) is 0 Å². The SMILES string of the molecule is CCS(=O)(=O)c1ccc(NCC2NCCCC2(C)C)cc1. The monoisotopic (exact) mass is 310 g/mol. The van der Waals surface area contributed by atoms with Crippen LogP contribution in [0.15, 0.2) is 29.2 Å². The van der Waals surface area contributed by atoms with Crippen LogP contribution in [0.3, 0.4) is 0 Å². The van der Waals surface area contributed by atoms with Crippen LogP contribution in [0, 0.1) is 5.41 Å². The summed E-state index contributed by atoms with van der Waals surface area (Å²) >= 11 is 0. The molecule has 5 heteroatoms. The normalized spacial score (nSPS) is 22.0. The van der Waals surface area contributed by atoms with Crippen molar-refractivity contribution in [3.8, 4) is 0 Å². The molecule has 1 aromatic carbocycles. The summed E-state index contributed by atoms with van der Waals surface area (Å²) < 4.78 is 23.5. The number of anilines is 1. The first-order valence-electron chi connectivity index (χ1n) is 7.65. The van der Waals surface area contributed by atoms with E-state index in [0.29, 0.717) is 10.9 Å². The van der Waals surface area contributed by atoms with Crippen molar-refractivity contribution < 1.29 is 8.42 Å². The standard InChI is InChI=1S/C16H26N2O2S/c1-4-21(19,20)14-8-6-13(7-9-14)18-12-15-16(2,3)10-5-11-17-15/h6-9,15,17-18H,4-5,10-12H2,1-3H3. The Morgan fingerprint density at radius 2 is 1.95 bits per heavy atom. The highest BCUT2D eigenvalue weighted by atomic mass is 32.2. The molecule has 1 saturated heterocycles. The highest BCUT2D eigenvalue weighted by Crippen LogP contribution is 2.30. The number of hydrogen-bond acceptors (Lipinski definition) is 4. The Balaban J connectivity index is 1.98. The maximum atomic E-state index is 11.8. The minimum Gasteiger partial charge on any atom is -0.383 e. The van der Waals surface area contributed by atoms with E-state index in [2.05, 4.69) is 24.5 Å². The largest absolute Gasteiger partial charge is 0.383 e. The fourth-order valence-electron chi connectivity index (χ4n) is 2.79. The molecule has 1 fully saturated rings. The van der Waals surface area contributed by atoms with Gasteiger partial charge in [-0.25, -0.2) is 8.42 Å². The van der Waals surface area contributed by atoms with Gasteiger partial charge in [-0.1, -0.05) is 20.8 Å². The molecule has 0 aromatic heterocycles. The molecule has 2 rings (SSSR count). The van der Waals surface area contributed by atoms with Gasteiger partial charge in [-0.3, -0.25) is 0 Å².